The van der Waals surface area contributed by atoms with Crippen molar-refractivity contribution >= 4 is 51.0 Å². The van der Waals surface area contributed by atoms with Crippen molar-refractivity contribution < 1.29 is 19.5 Å². The number of nitrogens with one attached hydrogen (secondary N) is 2. The summed E-state index contributed by atoms with van der Waals surface area (Å²) >= 11 is 0. The Labute approximate surface area is 325 Å². The summed E-state index contributed by atoms with van der Waals surface area (Å²) in [6, 6.07) is 15.1. The summed E-state index contributed by atoms with van der Waals surface area (Å²) in [5.41, 5.74) is 3.33. The molecular weight excluding hydrogens is 711 g/mol. The SMILES string of the molecule is CN(CC1CCC(n2cc3cc(NC(=O)c4ccccn4)c(C(C)(C)O)cc3n2)CC1)C1CCN(c2ccc3c(c2)n(C2CCC(=O)NC2=O)c(=O)n3C)CC1. The molecule has 0 spiro atoms. The Morgan fingerprint density at radius 3 is 2.45 bits per heavy atom. The second kappa shape index (κ2) is 15.0. The molecule has 3 N–H and O–H groups in total. The third kappa shape index (κ3) is 7.35. The van der Waals surface area contributed by atoms with Crippen LogP contribution in [0.4, 0.5) is 11.4 Å². The van der Waals surface area contributed by atoms with E-state index in [1.54, 1.807) is 54.4 Å². The number of aromatic nitrogens is 5. The number of carbonyl (C=O) groups is 3. The van der Waals surface area contributed by atoms with Crippen LogP contribution in [0.15, 0.2) is 65.7 Å². The summed E-state index contributed by atoms with van der Waals surface area (Å²) in [6.45, 7) is 6.28. The number of rotatable bonds is 9. The van der Waals surface area contributed by atoms with E-state index in [4.69, 9.17) is 5.10 Å². The van der Waals surface area contributed by atoms with Crippen LogP contribution in [-0.2, 0) is 22.2 Å². The van der Waals surface area contributed by atoms with Crippen molar-refractivity contribution in [1.29, 1.82) is 0 Å². The van der Waals surface area contributed by atoms with Crippen LogP contribution in [0.3, 0.4) is 0 Å². The highest BCUT2D eigenvalue weighted by molar-refractivity contribution is 6.04. The molecule has 1 saturated carbocycles. The van der Waals surface area contributed by atoms with E-state index < -0.39 is 17.6 Å². The predicted molar refractivity (Wildman–Crippen MR) is 215 cm³/mol. The molecule has 1 aliphatic carbocycles. The van der Waals surface area contributed by atoms with Gasteiger partial charge in [0.05, 0.1) is 28.2 Å². The smallest absolute Gasteiger partial charge is 0.329 e. The fraction of sp³-hybridized carbons (Fsp3) is 0.476. The maximum Gasteiger partial charge on any atom is 0.329 e. The first-order valence-electron chi connectivity index (χ1n) is 19.8. The summed E-state index contributed by atoms with van der Waals surface area (Å²) in [6.07, 6.45) is 10.6. The largest absolute Gasteiger partial charge is 0.386 e. The van der Waals surface area contributed by atoms with Crippen molar-refractivity contribution in [2.45, 2.75) is 88.9 Å². The number of piperidine rings is 2. The third-order valence-electron chi connectivity index (χ3n) is 12.3. The lowest BCUT2D eigenvalue weighted by molar-refractivity contribution is -0.135. The first-order chi connectivity index (χ1) is 26.8. The first-order valence-corrected chi connectivity index (χ1v) is 19.8. The Morgan fingerprint density at radius 2 is 1.75 bits per heavy atom. The predicted octanol–water partition coefficient (Wildman–Crippen LogP) is 4.87. The normalized spacial score (nSPS) is 21.2. The van der Waals surface area contributed by atoms with E-state index >= 15 is 0 Å². The van der Waals surface area contributed by atoms with Gasteiger partial charge in [-0.2, -0.15) is 5.10 Å². The quantitative estimate of drug-likeness (QED) is 0.178. The average Bonchev–Trinajstić information content (AvgIpc) is 3.72. The summed E-state index contributed by atoms with van der Waals surface area (Å²) in [5, 5.41) is 22.2. The molecule has 5 aromatic rings. The zero-order chi connectivity index (χ0) is 39.3. The molecule has 294 valence electrons. The van der Waals surface area contributed by atoms with Gasteiger partial charge in [-0.15, -0.1) is 0 Å². The molecule has 5 heterocycles. The minimum absolute atomic E-state index is 0.215. The Morgan fingerprint density at radius 1 is 0.982 bits per heavy atom. The van der Waals surface area contributed by atoms with Gasteiger partial charge in [-0.1, -0.05) is 6.07 Å². The molecule has 14 heteroatoms. The standard InChI is InChI=1S/C42H51N9O5/c1-42(2,56)31-23-33-27(21-34(31)44-39(53)32-7-5-6-18-43-32)25-50(46-33)29-10-8-26(9-11-29)24-47(3)28-16-19-49(20-17-28)30-12-13-35-37(22-30)51(41(55)48(35)4)36-14-15-38(52)45-40(36)54/h5-7,12-13,18,21-23,25-26,28-29,36,56H,8-11,14-17,19-20,24H2,1-4H3,(H,44,53)(H,45,52,54). The van der Waals surface area contributed by atoms with Gasteiger partial charge in [0.1, 0.15) is 11.7 Å². The molecule has 3 aromatic heterocycles. The van der Waals surface area contributed by atoms with Crippen molar-refractivity contribution in [1.82, 2.24) is 34.1 Å². The number of carbonyl (C=O) groups excluding carboxylic acids is 3. The average molecular weight is 762 g/mol. The molecule has 14 nitrogen and oxygen atoms in total. The second-order valence-corrected chi connectivity index (χ2v) is 16.5. The minimum atomic E-state index is -1.19. The highest BCUT2D eigenvalue weighted by Crippen LogP contribution is 2.37. The molecule has 56 heavy (non-hydrogen) atoms. The molecule has 0 bridgehead atoms. The lowest BCUT2D eigenvalue weighted by Gasteiger charge is -2.40. The molecule has 0 radical (unpaired) electrons. The van der Waals surface area contributed by atoms with Gasteiger partial charge < -0.3 is 20.2 Å². The van der Waals surface area contributed by atoms with Crippen LogP contribution < -0.4 is 21.2 Å². The number of hydrogen-bond acceptors (Lipinski definition) is 9. The Hall–Kier alpha value is -5.34. The molecule has 3 amide bonds. The van der Waals surface area contributed by atoms with Crippen molar-refractivity contribution in [3.05, 3.63) is 82.7 Å². The fourth-order valence-electron chi connectivity index (χ4n) is 9.07. The van der Waals surface area contributed by atoms with Crippen LogP contribution in [0, 0.1) is 5.92 Å². The van der Waals surface area contributed by atoms with Gasteiger partial charge in [0, 0.05) is 73.9 Å². The maximum absolute atomic E-state index is 13.2. The van der Waals surface area contributed by atoms with Gasteiger partial charge >= 0.3 is 5.69 Å². The second-order valence-electron chi connectivity index (χ2n) is 16.5. The molecular formula is C42H51N9O5. The lowest BCUT2D eigenvalue weighted by Crippen LogP contribution is -2.45. The summed E-state index contributed by atoms with van der Waals surface area (Å²) in [5.74, 6) is -0.440. The van der Waals surface area contributed by atoms with Crippen molar-refractivity contribution in [2.75, 3.05) is 36.9 Å². The van der Waals surface area contributed by atoms with Crippen LogP contribution in [0.25, 0.3) is 21.9 Å². The molecule has 3 fully saturated rings. The maximum atomic E-state index is 13.2. The zero-order valence-corrected chi connectivity index (χ0v) is 32.6. The van der Waals surface area contributed by atoms with Crippen LogP contribution >= 0.6 is 0 Å². The molecule has 3 aliphatic rings. The first kappa shape index (κ1) is 37.6. The molecule has 1 unspecified atom stereocenters. The van der Waals surface area contributed by atoms with Gasteiger partial charge in [0.2, 0.25) is 11.8 Å². The number of nitrogens with zero attached hydrogens (tertiary/aromatic N) is 7. The van der Waals surface area contributed by atoms with E-state index in [-0.39, 0.29) is 30.0 Å². The van der Waals surface area contributed by atoms with Crippen LogP contribution in [0.2, 0.25) is 0 Å². The highest BCUT2D eigenvalue weighted by atomic mass is 16.3. The number of fused-ring (bicyclic) bond motifs is 2. The number of aliphatic hydroxyl groups is 1. The third-order valence-corrected chi connectivity index (χ3v) is 12.3. The van der Waals surface area contributed by atoms with Crippen LogP contribution in [0.5, 0.6) is 0 Å². The van der Waals surface area contributed by atoms with Crippen LogP contribution in [0.1, 0.15) is 93.3 Å². The summed E-state index contributed by atoms with van der Waals surface area (Å²) in [7, 11) is 3.98. The van der Waals surface area contributed by atoms with Gasteiger partial charge in [0.15, 0.2) is 0 Å². The molecule has 2 aliphatic heterocycles. The molecule has 2 aromatic carbocycles. The van der Waals surface area contributed by atoms with E-state index in [0.717, 1.165) is 85.8 Å². The Bertz CT molecular complexity index is 2340. The van der Waals surface area contributed by atoms with Crippen molar-refractivity contribution in [2.24, 2.45) is 13.0 Å². The number of aryl methyl sites for hydroxylation is 1. The van der Waals surface area contributed by atoms with Gasteiger partial charge in [-0.3, -0.25) is 38.5 Å². The summed E-state index contributed by atoms with van der Waals surface area (Å²) in [4.78, 5) is 59.8. The lowest BCUT2D eigenvalue weighted by atomic mass is 9.85. The number of imidazole rings is 1. The monoisotopic (exact) mass is 761 g/mol. The minimum Gasteiger partial charge on any atom is -0.386 e. The van der Waals surface area contributed by atoms with Crippen LogP contribution in [-0.4, -0.2) is 84.4 Å². The van der Waals surface area contributed by atoms with E-state index in [0.29, 0.717) is 35.3 Å². The Balaban J connectivity index is 0.873. The number of pyridine rings is 1. The van der Waals surface area contributed by atoms with E-state index in [1.807, 2.05) is 24.3 Å². The van der Waals surface area contributed by atoms with Gasteiger partial charge in [0.25, 0.3) is 5.91 Å². The van der Waals surface area contributed by atoms with Crippen molar-refractivity contribution in [3.8, 4) is 0 Å². The number of anilines is 2. The summed E-state index contributed by atoms with van der Waals surface area (Å²) < 4.78 is 5.21. The number of hydrogen-bond donors (Lipinski definition) is 3. The van der Waals surface area contributed by atoms with E-state index in [1.165, 1.54) is 0 Å². The number of benzene rings is 2. The Kier molecular flexibility index (Phi) is 10.0. The zero-order valence-electron chi connectivity index (χ0n) is 32.6. The molecule has 2 saturated heterocycles. The van der Waals surface area contributed by atoms with Gasteiger partial charge in [-0.25, -0.2) is 4.79 Å². The molecule has 8 rings (SSSR count). The van der Waals surface area contributed by atoms with Gasteiger partial charge in [-0.05, 0) is 114 Å². The van der Waals surface area contributed by atoms with Crippen molar-refractivity contribution in [3.63, 3.8) is 0 Å². The van der Waals surface area contributed by atoms with E-state index in [2.05, 4.69) is 49.4 Å². The number of imide groups is 1. The molecule has 1 atom stereocenters. The fourth-order valence-corrected chi connectivity index (χ4v) is 9.07. The van der Waals surface area contributed by atoms with E-state index in [9.17, 15) is 24.3 Å². The highest BCUT2D eigenvalue weighted by Gasteiger charge is 2.33. The topological polar surface area (TPSA) is 160 Å². The number of amides is 3.